The summed E-state index contributed by atoms with van der Waals surface area (Å²) >= 11 is 3.08. The molecular weight excluding hydrogens is 362 g/mol. The lowest BCUT2D eigenvalue weighted by Crippen LogP contribution is -2.10. The number of hydrogen-bond acceptors (Lipinski definition) is 4. The second kappa shape index (κ2) is 6.35. The zero-order chi connectivity index (χ0) is 16.4. The number of hydrogen-bond donors (Lipinski definition) is 1. The van der Waals surface area contributed by atoms with E-state index in [1.807, 2.05) is 0 Å². The van der Waals surface area contributed by atoms with Crippen molar-refractivity contribution in [2.75, 3.05) is 0 Å². The predicted molar refractivity (Wildman–Crippen MR) is 77.2 cm³/mol. The molecule has 2 aromatic heterocycles. The molecule has 0 aliphatic rings. The Labute approximate surface area is 133 Å². The zero-order valence-corrected chi connectivity index (χ0v) is 13.2. The van der Waals surface area contributed by atoms with Gasteiger partial charge in [0.05, 0.1) is 11.4 Å². The number of pyridine rings is 2. The number of carboxylic acid groups (broad SMARTS) is 1. The number of aryl methyl sites for hydroxylation is 2. The number of ether oxygens (including phenoxy) is 1. The van der Waals surface area contributed by atoms with Crippen molar-refractivity contribution in [1.29, 1.82) is 0 Å². The first-order valence-corrected chi connectivity index (χ1v) is 7.06. The largest absolute Gasteiger partial charge is 0.477 e. The van der Waals surface area contributed by atoms with Gasteiger partial charge in [-0.05, 0) is 41.4 Å². The monoisotopic (exact) mass is 372 g/mol. The molecule has 0 aromatic carbocycles. The van der Waals surface area contributed by atoms with E-state index in [1.165, 1.54) is 13.0 Å². The molecule has 2 rings (SSSR count). The summed E-state index contributed by atoms with van der Waals surface area (Å²) in [5, 5.41) is 9.24. The quantitative estimate of drug-likeness (QED) is 0.824. The van der Waals surface area contributed by atoms with Crippen LogP contribution >= 0.6 is 15.9 Å². The SMILES string of the molecule is CCc1nc(Br)c(Oc2ccc(F)nc2C)c(C(=O)O)c1F. The third-order valence-electron chi connectivity index (χ3n) is 2.88. The highest BCUT2D eigenvalue weighted by Crippen LogP contribution is 2.35. The Balaban J connectivity index is 2.59. The second-order valence-electron chi connectivity index (χ2n) is 4.35. The van der Waals surface area contributed by atoms with Crippen molar-refractivity contribution < 1.29 is 23.4 Å². The first-order chi connectivity index (χ1) is 10.3. The van der Waals surface area contributed by atoms with E-state index in [9.17, 15) is 18.7 Å². The van der Waals surface area contributed by atoms with Gasteiger partial charge in [0, 0.05) is 0 Å². The van der Waals surface area contributed by atoms with Crippen LogP contribution in [0.2, 0.25) is 0 Å². The Morgan fingerprint density at radius 3 is 2.59 bits per heavy atom. The van der Waals surface area contributed by atoms with Gasteiger partial charge in [0.2, 0.25) is 5.95 Å². The summed E-state index contributed by atoms with van der Waals surface area (Å²) in [5.41, 5.74) is -0.434. The van der Waals surface area contributed by atoms with Crippen molar-refractivity contribution in [3.05, 3.63) is 45.5 Å². The van der Waals surface area contributed by atoms with Crippen molar-refractivity contribution in [1.82, 2.24) is 9.97 Å². The Morgan fingerprint density at radius 1 is 1.36 bits per heavy atom. The Kier molecular flexibility index (Phi) is 4.70. The normalized spacial score (nSPS) is 10.6. The van der Waals surface area contributed by atoms with Gasteiger partial charge < -0.3 is 9.84 Å². The average molecular weight is 373 g/mol. The summed E-state index contributed by atoms with van der Waals surface area (Å²) in [6.45, 7) is 3.13. The molecule has 0 saturated heterocycles. The van der Waals surface area contributed by atoms with Crippen LogP contribution in [0.5, 0.6) is 11.5 Å². The van der Waals surface area contributed by atoms with Crippen LogP contribution in [0, 0.1) is 18.7 Å². The minimum absolute atomic E-state index is 0.00516. The number of carboxylic acids is 1. The van der Waals surface area contributed by atoms with Gasteiger partial charge in [-0.1, -0.05) is 6.92 Å². The third-order valence-corrected chi connectivity index (χ3v) is 3.42. The molecule has 1 N–H and O–H groups in total. The fourth-order valence-electron chi connectivity index (χ4n) is 1.82. The summed E-state index contributed by atoms with van der Waals surface area (Å²) in [4.78, 5) is 18.8. The maximum Gasteiger partial charge on any atom is 0.342 e. The Morgan fingerprint density at radius 2 is 2.05 bits per heavy atom. The van der Waals surface area contributed by atoms with Gasteiger partial charge in [0.1, 0.15) is 15.9 Å². The topological polar surface area (TPSA) is 72.3 Å². The fraction of sp³-hybridized carbons (Fsp3) is 0.214. The molecule has 22 heavy (non-hydrogen) atoms. The van der Waals surface area contributed by atoms with E-state index in [-0.39, 0.29) is 33.9 Å². The van der Waals surface area contributed by atoms with Gasteiger partial charge in [-0.25, -0.2) is 19.2 Å². The van der Waals surface area contributed by atoms with Crippen molar-refractivity contribution in [2.45, 2.75) is 20.3 Å². The summed E-state index contributed by atoms with van der Waals surface area (Å²) in [7, 11) is 0. The van der Waals surface area contributed by atoms with Crippen LogP contribution in [0.4, 0.5) is 8.78 Å². The van der Waals surface area contributed by atoms with Gasteiger partial charge in [0.25, 0.3) is 0 Å². The van der Waals surface area contributed by atoms with Gasteiger partial charge >= 0.3 is 5.97 Å². The van der Waals surface area contributed by atoms with E-state index in [1.54, 1.807) is 6.92 Å². The van der Waals surface area contributed by atoms with Crippen LogP contribution in [0.1, 0.15) is 28.7 Å². The number of carbonyl (C=O) groups is 1. The van der Waals surface area contributed by atoms with E-state index in [0.29, 0.717) is 0 Å². The lowest BCUT2D eigenvalue weighted by Gasteiger charge is -2.14. The maximum absolute atomic E-state index is 14.2. The number of aromatic nitrogens is 2. The van der Waals surface area contributed by atoms with E-state index in [4.69, 9.17) is 4.74 Å². The standard InChI is InChI=1S/C14H11BrF2N2O3/c1-3-7-11(17)10(14(20)21)12(13(15)19-7)22-8-4-5-9(16)18-6(8)2/h4-5H,3H2,1-2H3,(H,20,21). The number of halogens is 3. The minimum Gasteiger partial charge on any atom is -0.477 e. The lowest BCUT2D eigenvalue weighted by molar-refractivity contribution is 0.0688. The van der Waals surface area contributed by atoms with Gasteiger partial charge in [-0.15, -0.1) is 0 Å². The molecule has 0 amide bonds. The molecule has 0 spiro atoms. The molecule has 0 aliphatic carbocycles. The lowest BCUT2D eigenvalue weighted by atomic mass is 10.1. The van der Waals surface area contributed by atoms with Crippen LogP contribution in [-0.2, 0) is 6.42 Å². The first kappa shape index (κ1) is 16.3. The summed E-state index contributed by atoms with van der Waals surface area (Å²) in [6, 6.07) is 2.34. The molecule has 8 heteroatoms. The molecule has 2 aromatic rings. The van der Waals surface area contributed by atoms with Gasteiger partial charge in [0.15, 0.2) is 11.6 Å². The Bertz CT molecular complexity index is 753. The van der Waals surface area contributed by atoms with Gasteiger partial charge in [-0.3, -0.25) is 0 Å². The molecule has 0 fully saturated rings. The Hall–Kier alpha value is -2.09. The highest BCUT2D eigenvalue weighted by Gasteiger charge is 2.25. The van der Waals surface area contributed by atoms with Crippen LogP contribution < -0.4 is 4.74 Å². The van der Waals surface area contributed by atoms with E-state index >= 15 is 0 Å². The smallest absolute Gasteiger partial charge is 0.342 e. The summed E-state index contributed by atoms with van der Waals surface area (Å²) in [6.07, 6.45) is 0.224. The van der Waals surface area contributed by atoms with Crippen molar-refractivity contribution in [3.63, 3.8) is 0 Å². The molecule has 0 atom stereocenters. The van der Waals surface area contributed by atoms with E-state index in [0.717, 1.165) is 6.07 Å². The number of aromatic carboxylic acids is 1. The van der Waals surface area contributed by atoms with Gasteiger partial charge in [-0.2, -0.15) is 4.39 Å². The molecule has 0 unspecified atom stereocenters. The van der Waals surface area contributed by atoms with Crippen LogP contribution in [0.25, 0.3) is 0 Å². The first-order valence-electron chi connectivity index (χ1n) is 6.27. The molecule has 5 nitrogen and oxygen atoms in total. The summed E-state index contributed by atoms with van der Waals surface area (Å²) < 4.78 is 32.7. The molecule has 116 valence electrons. The van der Waals surface area contributed by atoms with Crippen molar-refractivity contribution >= 4 is 21.9 Å². The highest BCUT2D eigenvalue weighted by atomic mass is 79.9. The van der Waals surface area contributed by atoms with Crippen LogP contribution in [0.15, 0.2) is 16.7 Å². The van der Waals surface area contributed by atoms with E-state index in [2.05, 4.69) is 25.9 Å². The molecule has 2 heterocycles. The number of nitrogens with zero attached hydrogens (tertiary/aromatic N) is 2. The van der Waals surface area contributed by atoms with E-state index < -0.39 is 23.3 Å². The molecule has 0 aliphatic heterocycles. The fourth-order valence-corrected chi connectivity index (χ4v) is 2.31. The van der Waals surface area contributed by atoms with Crippen LogP contribution in [-0.4, -0.2) is 21.0 Å². The molecular formula is C14H11BrF2N2O3. The average Bonchev–Trinajstić information content (AvgIpc) is 2.44. The number of rotatable bonds is 4. The predicted octanol–water partition coefficient (Wildman–Crippen LogP) is 3.88. The minimum atomic E-state index is -1.49. The van der Waals surface area contributed by atoms with Crippen molar-refractivity contribution in [2.24, 2.45) is 0 Å². The summed E-state index contributed by atoms with van der Waals surface area (Å²) in [5.74, 6) is -3.33. The third kappa shape index (κ3) is 3.06. The zero-order valence-electron chi connectivity index (χ0n) is 11.7. The molecule has 0 bridgehead atoms. The van der Waals surface area contributed by atoms with Crippen LogP contribution in [0.3, 0.4) is 0 Å². The molecule has 0 radical (unpaired) electrons. The van der Waals surface area contributed by atoms with Crippen molar-refractivity contribution in [3.8, 4) is 11.5 Å². The highest BCUT2D eigenvalue weighted by molar-refractivity contribution is 9.10. The maximum atomic E-state index is 14.2. The second-order valence-corrected chi connectivity index (χ2v) is 5.10. The molecule has 0 saturated carbocycles.